The second-order valence-electron chi connectivity index (χ2n) is 7.54. The standard InChI is InChI=1S/C22H25N3O2S/c1-5-22(4)12-18-15(13-27-22)11-17-19(23-18)24-21(28-6-2)25(20(17)26)16-9-7-14(3)8-10-16/h7-11H,5-6,12-13H2,1-4H3. The van der Waals surface area contributed by atoms with E-state index >= 15 is 0 Å². The summed E-state index contributed by atoms with van der Waals surface area (Å²) in [6.45, 7) is 8.82. The van der Waals surface area contributed by atoms with Crippen LogP contribution in [0.25, 0.3) is 16.7 Å². The molecule has 0 fully saturated rings. The van der Waals surface area contributed by atoms with Gasteiger partial charge in [0.25, 0.3) is 5.56 Å². The number of thioether (sulfide) groups is 1. The van der Waals surface area contributed by atoms with E-state index < -0.39 is 0 Å². The zero-order valence-electron chi connectivity index (χ0n) is 16.8. The number of aromatic nitrogens is 3. The molecule has 0 saturated heterocycles. The van der Waals surface area contributed by atoms with Gasteiger partial charge in [-0.15, -0.1) is 0 Å². The van der Waals surface area contributed by atoms with E-state index in [1.807, 2.05) is 37.3 Å². The van der Waals surface area contributed by atoms with Crippen molar-refractivity contribution in [3.63, 3.8) is 0 Å². The molecule has 3 heterocycles. The summed E-state index contributed by atoms with van der Waals surface area (Å²) in [6.07, 6.45) is 1.67. The van der Waals surface area contributed by atoms with Gasteiger partial charge >= 0.3 is 0 Å². The normalized spacial score (nSPS) is 19.0. The monoisotopic (exact) mass is 395 g/mol. The lowest BCUT2D eigenvalue weighted by Crippen LogP contribution is -2.35. The summed E-state index contributed by atoms with van der Waals surface area (Å²) in [5.41, 5.74) is 4.22. The molecule has 1 aliphatic heterocycles. The predicted octanol–water partition coefficient (Wildman–Crippen LogP) is 4.44. The van der Waals surface area contributed by atoms with Crippen molar-refractivity contribution in [2.24, 2.45) is 0 Å². The van der Waals surface area contributed by atoms with Crippen molar-refractivity contribution in [1.82, 2.24) is 14.5 Å². The third-order valence-electron chi connectivity index (χ3n) is 5.43. The molecule has 5 nitrogen and oxygen atoms in total. The fourth-order valence-electron chi connectivity index (χ4n) is 3.48. The van der Waals surface area contributed by atoms with E-state index in [0.29, 0.717) is 22.8 Å². The summed E-state index contributed by atoms with van der Waals surface area (Å²) in [6, 6.07) is 9.87. The summed E-state index contributed by atoms with van der Waals surface area (Å²) in [4.78, 5) is 23.0. The van der Waals surface area contributed by atoms with Crippen LogP contribution in [0.5, 0.6) is 0 Å². The molecule has 2 aromatic heterocycles. The summed E-state index contributed by atoms with van der Waals surface area (Å²) in [7, 11) is 0. The molecular formula is C22H25N3O2S. The van der Waals surface area contributed by atoms with Crippen LogP contribution < -0.4 is 5.56 Å². The summed E-state index contributed by atoms with van der Waals surface area (Å²) < 4.78 is 7.75. The number of ether oxygens (including phenoxy) is 1. The molecule has 4 rings (SSSR count). The van der Waals surface area contributed by atoms with Crippen molar-refractivity contribution < 1.29 is 4.74 Å². The number of hydrogen-bond acceptors (Lipinski definition) is 5. The van der Waals surface area contributed by atoms with Crippen LogP contribution in [-0.2, 0) is 17.8 Å². The molecule has 3 aromatic rings. The average molecular weight is 396 g/mol. The first-order chi connectivity index (χ1) is 13.4. The topological polar surface area (TPSA) is 57.0 Å². The van der Waals surface area contributed by atoms with Crippen LogP contribution in [-0.4, -0.2) is 25.9 Å². The molecule has 1 unspecified atom stereocenters. The van der Waals surface area contributed by atoms with Crippen molar-refractivity contribution in [3.8, 4) is 5.69 Å². The van der Waals surface area contributed by atoms with Gasteiger partial charge in [0.05, 0.1) is 29.0 Å². The molecule has 6 heteroatoms. The first-order valence-corrected chi connectivity index (χ1v) is 10.7. The first-order valence-electron chi connectivity index (χ1n) is 9.73. The van der Waals surface area contributed by atoms with E-state index in [2.05, 4.69) is 20.8 Å². The van der Waals surface area contributed by atoms with Gasteiger partial charge in [-0.3, -0.25) is 9.36 Å². The highest BCUT2D eigenvalue weighted by molar-refractivity contribution is 7.99. The molecule has 1 aromatic carbocycles. The molecule has 0 bridgehead atoms. The molecule has 1 aliphatic rings. The minimum atomic E-state index is -0.203. The van der Waals surface area contributed by atoms with E-state index in [0.717, 1.165) is 41.1 Å². The molecule has 146 valence electrons. The van der Waals surface area contributed by atoms with Gasteiger partial charge in [-0.25, -0.2) is 9.97 Å². The van der Waals surface area contributed by atoms with Gasteiger partial charge in [-0.2, -0.15) is 0 Å². The summed E-state index contributed by atoms with van der Waals surface area (Å²) in [5, 5.41) is 1.23. The zero-order chi connectivity index (χ0) is 19.9. The molecular weight excluding hydrogens is 370 g/mol. The number of hydrogen-bond donors (Lipinski definition) is 0. The van der Waals surface area contributed by atoms with Gasteiger partial charge in [-0.1, -0.05) is 43.3 Å². The second kappa shape index (κ2) is 7.33. The van der Waals surface area contributed by atoms with E-state index in [1.54, 1.807) is 16.3 Å². The van der Waals surface area contributed by atoms with Crippen LogP contribution in [0.3, 0.4) is 0 Å². The number of nitrogens with zero attached hydrogens (tertiary/aromatic N) is 3. The second-order valence-corrected chi connectivity index (χ2v) is 8.77. The predicted molar refractivity (Wildman–Crippen MR) is 113 cm³/mol. The largest absolute Gasteiger partial charge is 0.370 e. The Labute approximate surface area is 169 Å². The Morgan fingerprint density at radius 1 is 1.21 bits per heavy atom. The number of aryl methyl sites for hydroxylation is 1. The number of pyridine rings is 1. The molecule has 0 saturated carbocycles. The van der Waals surface area contributed by atoms with Crippen LogP contribution in [0.15, 0.2) is 40.3 Å². The van der Waals surface area contributed by atoms with Gasteiger partial charge in [0.15, 0.2) is 10.8 Å². The SMILES string of the molecule is CCSc1nc2nc3c(cc2c(=O)n1-c1ccc(C)cc1)COC(C)(CC)C3. The quantitative estimate of drug-likeness (QED) is 0.483. The van der Waals surface area contributed by atoms with Gasteiger partial charge in [0.2, 0.25) is 0 Å². The van der Waals surface area contributed by atoms with E-state index in [-0.39, 0.29) is 11.2 Å². The Bertz CT molecular complexity index is 1090. The number of rotatable bonds is 4. The first kappa shape index (κ1) is 19.2. The molecule has 0 amide bonds. The number of fused-ring (bicyclic) bond motifs is 2. The Kier molecular flexibility index (Phi) is 5.02. The Hall–Kier alpha value is -2.18. The van der Waals surface area contributed by atoms with Crippen molar-refractivity contribution >= 4 is 22.8 Å². The molecule has 0 radical (unpaired) electrons. The zero-order valence-corrected chi connectivity index (χ0v) is 17.6. The van der Waals surface area contributed by atoms with Crippen molar-refractivity contribution in [3.05, 3.63) is 57.5 Å². The molecule has 0 aliphatic carbocycles. The van der Waals surface area contributed by atoms with E-state index in [1.165, 1.54) is 0 Å². The Balaban J connectivity index is 1.93. The average Bonchev–Trinajstić information content (AvgIpc) is 2.68. The van der Waals surface area contributed by atoms with Gasteiger partial charge in [-0.05, 0) is 44.2 Å². The summed E-state index contributed by atoms with van der Waals surface area (Å²) >= 11 is 1.56. The minimum Gasteiger partial charge on any atom is -0.370 e. The Morgan fingerprint density at radius 3 is 2.64 bits per heavy atom. The lowest BCUT2D eigenvalue weighted by molar-refractivity contribution is -0.0573. The molecule has 1 atom stereocenters. The van der Waals surface area contributed by atoms with Crippen molar-refractivity contribution in [2.45, 2.75) is 57.9 Å². The van der Waals surface area contributed by atoms with E-state index in [9.17, 15) is 4.79 Å². The maximum absolute atomic E-state index is 13.4. The highest BCUT2D eigenvalue weighted by Gasteiger charge is 2.31. The molecule has 28 heavy (non-hydrogen) atoms. The lowest BCUT2D eigenvalue weighted by atomic mass is 9.91. The van der Waals surface area contributed by atoms with Gasteiger partial charge in [0.1, 0.15) is 0 Å². The van der Waals surface area contributed by atoms with Gasteiger partial charge < -0.3 is 4.74 Å². The fourth-order valence-corrected chi connectivity index (χ4v) is 4.21. The maximum Gasteiger partial charge on any atom is 0.268 e. The van der Waals surface area contributed by atoms with Crippen LogP contribution in [0.1, 0.15) is 44.0 Å². The van der Waals surface area contributed by atoms with Crippen molar-refractivity contribution in [1.29, 1.82) is 0 Å². The fraction of sp³-hybridized carbons (Fsp3) is 0.409. The third-order valence-corrected chi connectivity index (χ3v) is 6.25. The van der Waals surface area contributed by atoms with Gasteiger partial charge in [0, 0.05) is 12.0 Å². The Morgan fingerprint density at radius 2 is 1.96 bits per heavy atom. The van der Waals surface area contributed by atoms with Crippen LogP contribution in [0, 0.1) is 6.92 Å². The van der Waals surface area contributed by atoms with Crippen LogP contribution >= 0.6 is 11.8 Å². The number of benzene rings is 1. The smallest absolute Gasteiger partial charge is 0.268 e. The van der Waals surface area contributed by atoms with Crippen LogP contribution in [0.4, 0.5) is 0 Å². The highest BCUT2D eigenvalue weighted by Crippen LogP contribution is 2.31. The highest BCUT2D eigenvalue weighted by atomic mass is 32.2. The molecule has 0 spiro atoms. The van der Waals surface area contributed by atoms with Crippen LogP contribution in [0.2, 0.25) is 0 Å². The van der Waals surface area contributed by atoms with E-state index in [4.69, 9.17) is 14.7 Å². The lowest BCUT2D eigenvalue weighted by Gasteiger charge is -2.33. The van der Waals surface area contributed by atoms with Crippen molar-refractivity contribution in [2.75, 3.05) is 5.75 Å². The molecule has 0 N–H and O–H groups in total. The summed E-state index contributed by atoms with van der Waals surface area (Å²) in [5.74, 6) is 0.830. The maximum atomic E-state index is 13.4. The minimum absolute atomic E-state index is 0.0797. The third kappa shape index (κ3) is 3.35.